The van der Waals surface area contributed by atoms with Crippen molar-refractivity contribution in [2.24, 2.45) is 0 Å². The van der Waals surface area contributed by atoms with Gasteiger partial charge in [0.1, 0.15) is 22.3 Å². The van der Waals surface area contributed by atoms with Gasteiger partial charge < -0.3 is 18.6 Å². The molecule has 0 bridgehead atoms. The van der Waals surface area contributed by atoms with Gasteiger partial charge in [-0.1, -0.05) is 346 Å². The SMILES string of the molecule is c1ccc(-c2ccc(-c3cc(-c4ccc(N(c5ccc(-c6ccccc6)cc5)c5ccccc5-c5ccccc5)cc4)cc4c3oc3ccccc34)cc2)cc1.c1ccc(-c2ccc(-c3ccc(N(c4ccccc4)c4ccc(-c5cc(-c6ccc(-c7ccccc7)cc6)c6oc7ccccc7c6c5)cc4)cc3)cc2)cc1. The van der Waals surface area contributed by atoms with Crippen molar-refractivity contribution in [1.82, 2.24) is 0 Å². The summed E-state index contributed by atoms with van der Waals surface area (Å²) in [5.74, 6) is 0. The lowest BCUT2D eigenvalue weighted by Gasteiger charge is -2.28. The third-order valence-corrected chi connectivity index (χ3v) is 21.4. The first kappa shape index (κ1) is 67.7. The monoisotopic (exact) mass is 1430 g/mol. The molecule has 0 N–H and O–H groups in total. The highest BCUT2D eigenvalue weighted by molar-refractivity contribution is 6.13. The van der Waals surface area contributed by atoms with E-state index in [0.29, 0.717) is 0 Å². The Morgan fingerprint density at radius 3 is 0.723 bits per heavy atom. The van der Waals surface area contributed by atoms with E-state index in [1.54, 1.807) is 0 Å². The summed E-state index contributed by atoms with van der Waals surface area (Å²) in [6.07, 6.45) is 0. The molecule has 0 unspecified atom stereocenters. The molecule has 2 heterocycles. The van der Waals surface area contributed by atoms with Crippen LogP contribution in [-0.4, -0.2) is 0 Å². The average molecular weight is 1430 g/mol. The number of rotatable bonds is 16. The number of hydrogen-bond donors (Lipinski definition) is 0. The van der Waals surface area contributed by atoms with Crippen molar-refractivity contribution >= 4 is 78.0 Å². The van der Waals surface area contributed by atoms with Gasteiger partial charge in [0.15, 0.2) is 0 Å². The minimum Gasteiger partial charge on any atom is -0.455 e. The Hall–Kier alpha value is -14.8. The van der Waals surface area contributed by atoms with Crippen LogP contribution in [0.15, 0.2) is 458 Å². The topological polar surface area (TPSA) is 32.8 Å². The maximum absolute atomic E-state index is 6.57. The van der Waals surface area contributed by atoms with Crippen molar-refractivity contribution in [1.29, 1.82) is 0 Å². The van der Waals surface area contributed by atoms with E-state index in [2.05, 4.69) is 447 Å². The highest BCUT2D eigenvalue weighted by atomic mass is 16.3. The molecule has 18 aromatic carbocycles. The van der Waals surface area contributed by atoms with Crippen molar-refractivity contribution in [3.63, 3.8) is 0 Å². The smallest absolute Gasteiger partial charge is 0.143 e. The van der Waals surface area contributed by atoms with Gasteiger partial charge in [-0.15, -0.1) is 0 Å². The van der Waals surface area contributed by atoms with Crippen LogP contribution in [0.2, 0.25) is 0 Å². The molecular weight excluding hydrogens is 1360 g/mol. The van der Waals surface area contributed by atoms with Crippen LogP contribution in [0.1, 0.15) is 0 Å². The number of anilines is 6. The van der Waals surface area contributed by atoms with Crippen molar-refractivity contribution < 1.29 is 8.83 Å². The zero-order valence-electron chi connectivity index (χ0n) is 61.4. The van der Waals surface area contributed by atoms with E-state index in [0.717, 1.165) is 123 Å². The first-order chi connectivity index (χ1) is 55.5. The second-order valence-corrected chi connectivity index (χ2v) is 28.3. The maximum atomic E-state index is 6.57. The first-order valence-corrected chi connectivity index (χ1v) is 38.2. The lowest BCUT2D eigenvalue weighted by atomic mass is 9.94. The first-order valence-electron chi connectivity index (χ1n) is 38.2. The minimum atomic E-state index is 0.892. The molecule has 0 aliphatic carbocycles. The molecule has 112 heavy (non-hydrogen) atoms. The molecule has 0 amide bonds. The van der Waals surface area contributed by atoms with Gasteiger partial charge in [-0.05, 0) is 198 Å². The van der Waals surface area contributed by atoms with Crippen LogP contribution in [-0.2, 0) is 0 Å². The lowest BCUT2D eigenvalue weighted by molar-refractivity contribution is 0.669. The molecule has 0 radical (unpaired) electrons. The molecule has 2 aromatic heterocycles. The quantitative estimate of drug-likeness (QED) is 0.0965. The van der Waals surface area contributed by atoms with Gasteiger partial charge in [0, 0.05) is 66.7 Å². The summed E-state index contributed by atoms with van der Waals surface area (Å²) < 4.78 is 13.1. The summed E-state index contributed by atoms with van der Waals surface area (Å²) in [7, 11) is 0. The van der Waals surface area contributed by atoms with Gasteiger partial charge in [-0.2, -0.15) is 0 Å². The maximum Gasteiger partial charge on any atom is 0.143 e. The van der Waals surface area contributed by atoms with Gasteiger partial charge in [0.2, 0.25) is 0 Å². The van der Waals surface area contributed by atoms with Crippen LogP contribution < -0.4 is 9.80 Å². The van der Waals surface area contributed by atoms with Crippen LogP contribution in [0, 0.1) is 0 Å². The predicted octanol–water partition coefficient (Wildman–Crippen LogP) is 30.8. The summed E-state index contributed by atoms with van der Waals surface area (Å²) >= 11 is 0. The minimum absolute atomic E-state index is 0.892. The second-order valence-electron chi connectivity index (χ2n) is 28.3. The van der Waals surface area contributed by atoms with Crippen LogP contribution in [0.3, 0.4) is 0 Å². The largest absolute Gasteiger partial charge is 0.455 e. The van der Waals surface area contributed by atoms with Gasteiger partial charge in [-0.25, -0.2) is 0 Å². The molecule has 0 spiro atoms. The van der Waals surface area contributed by atoms with Crippen molar-refractivity contribution in [2.75, 3.05) is 9.80 Å². The molecule has 20 aromatic rings. The van der Waals surface area contributed by atoms with E-state index in [-0.39, 0.29) is 0 Å². The number of benzene rings is 18. The third-order valence-electron chi connectivity index (χ3n) is 21.4. The molecule has 0 saturated heterocycles. The average Bonchev–Trinajstić information content (AvgIpc) is 1.59. The number of para-hydroxylation sites is 4. The fraction of sp³-hybridized carbons (Fsp3) is 0. The van der Waals surface area contributed by atoms with Crippen LogP contribution in [0.25, 0.3) is 155 Å². The highest BCUT2D eigenvalue weighted by Crippen LogP contribution is 2.47. The Kier molecular flexibility index (Phi) is 18.4. The molecule has 0 saturated carbocycles. The Morgan fingerprint density at radius 1 is 0.143 bits per heavy atom. The second kappa shape index (κ2) is 30.4. The fourth-order valence-electron chi connectivity index (χ4n) is 15.7. The number of hydrogen-bond acceptors (Lipinski definition) is 4. The number of nitrogens with zero attached hydrogens (tertiary/aromatic N) is 2. The molecule has 4 heteroatoms. The van der Waals surface area contributed by atoms with Crippen molar-refractivity contribution in [2.45, 2.75) is 0 Å². The molecule has 0 atom stereocenters. The van der Waals surface area contributed by atoms with E-state index in [9.17, 15) is 0 Å². The molecular formula is C108H74N2O2. The summed E-state index contributed by atoms with van der Waals surface area (Å²) in [6.45, 7) is 0. The Labute approximate surface area is 652 Å². The summed E-state index contributed by atoms with van der Waals surface area (Å²) in [4.78, 5) is 4.69. The molecule has 0 fully saturated rings. The van der Waals surface area contributed by atoms with Crippen LogP contribution >= 0.6 is 0 Å². The predicted molar refractivity (Wildman–Crippen MR) is 471 cm³/mol. The standard InChI is InChI=1S/2C54H37NO/c1-4-14-38(15-5-1)40-24-26-44(27-25-40)50-36-45(37-51-49-21-11-13-23-53(49)56-54(50)51)42-30-34-47(35-31-42)55(46-32-28-41(29-33-46)39-16-6-2-7-17-39)52-22-12-10-20-48(52)43-18-8-3-9-19-43;1-4-12-38(13-5-1)40-20-22-42(23-21-40)43-28-32-48(33-29-43)55(47-16-8-3-9-17-47)49-34-30-44(31-35-49)46-36-51(54-52(37-46)50-18-10-11-19-53(50)56-54)45-26-24-41(25-27-45)39-14-6-2-7-15-39/h2*1-37H. The van der Waals surface area contributed by atoms with Gasteiger partial charge in [-0.3, -0.25) is 0 Å². The lowest BCUT2D eigenvalue weighted by Crippen LogP contribution is -2.11. The highest BCUT2D eigenvalue weighted by Gasteiger charge is 2.22. The molecule has 20 rings (SSSR count). The molecule has 4 nitrogen and oxygen atoms in total. The molecule has 0 aliphatic rings. The summed E-state index contributed by atoms with van der Waals surface area (Å²) in [5, 5.41) is 4.46. The summed E-state index contributed by atoms with van der Waals surface area (Å²) in [5.41, 5.74) is 33.5. The van der Waals surface area contributed by atoms with E-state index in [1.165, 1.54) is 66.8 Å². The molecule has 528 valence electrons. The normalized spacial score (nSPS) is 11.2. The van der Waals surface area contributed by atoms with Crippen LogP contribution in [0.4, 0.5) is 34.1 Å². The third kappa shape index (κ3) is 13.7. The van der Waals surface area contributed by atoms with Crippen LogP contribution in [0.5, 0.6) is 0 Å². The Bertz CT molecular complexity index is 6630. The van der Waals surface area contributed by atoms with Gasteiger partial charge >= 0.3 is 0 Å². The van der Waals surface area contributed by atoms with Gasteiger partial charge in [0.05, 0.1) is 5.69 Å². The van der Waals surface area contributed by atoms with Gasteiger partial charge in [0.25, 0.3) is 0 Å². The zero-order chi connectivity index (χ0) is 74.5. The van der Waals surface area contributed by atoms with Crippen molar-refractivity contribution in [3.8, 4) is 111 Å². The molecule has 0 aliphatic heterocycles. The zero-order valence-corrected chi connectivity index (χ0v) is 61.4. The Balaban J connectivity index is 0.000000151. The Morgan fingerprint density at radius 2 is 0.375 bits per heavy atom. The van der Waals surface area contributed by atoms with E-state index in [4.69, 9.17) is 8.83 Å². The fourth-order valence-corrected chi connectivity index (χ4v) is 15.7. The summed E-state index contributed by atoms with van der Waals surface area (Å²) in [6, 6.07) is 160. The van der Waals surface area contributed by atoms with E-state index in [1.807, 2.05) is 12.1 Å². The number of fused-ring (bicyclic) bond motifs is 6. The van der Waals surface area contributed by atoms with E-state index >= 15 is 0 Å². The number of furan rings is 2. The van der Waals surface area contributed by atoms with E-state index < -0.39 is 0 Å². The van der Waals surface area contributed by atoms with Crippen molar-refractivity contribution in [3.05, 3.63) is 449 Å².